The van der Waals surface area contributed by atoms with Crippen molar-refractivity contribution in [3.63, 3.8) is 0 Å². The molecule has 5 heteroatoms. The fraction of sp³-hybridized carbons (Fsp3) is 0.533. The Balaban J connectivity index is 2.29. The number of carbonyl (C=O) groups excluding carboxylic acids is 1. The number of nitrogens with one attached hydrogen (secondary N) is 1. The van der Waals surface area contributed by atoms with E-state index in [1.807, 2.05) is 43.0 Å². The Morgan fingerprint density at radius 2 is 2.15 bits per heavy atom. The Kier molecular flexibility index (Phi) is 4.62. The lowest BCUT2D eigenvalue weighted by Crippen LogP contribution is -2.40. The number of rotatable bonds is 5. The van der Waals surface area contributed by atoms with Crippen molar-refractivity contribution >= 4 is 5.91 Å². The summed E-state index contributed by atoms with van der Waals surface area (Å²) in [6.07, 6.45) is -0.141. The highest BCUT2D eigenvalue weighted by Gasteiger charge is 2.39. The molecule has 0 spiro atoms. The van der Waals surface area contributed by atoms with Crippen LogP contribution >= 0.6 is 0 Å². The molecule has 0 aliphatic carbocycles. The van der Waals surface area contributed by atoms with Gasteiger partial charge in [-0.25, -0.2) is 0 Å². The average Bonchev–Trinajstić information content (AvgIpc) is 2.75. The van der Waals surface area contributed by atoms with E-state index >= 15 is 0 Å². The summed E-state index contributed by atoms with van der Waals surface area (Å²) in [6.45, 7) is 4.39. The molecule has 1 aromatic carbocycles. The summed E-state index contributed by atoms with van der Waals surface area (Å²) in [7, 11) is 3.29. The predicted molar refractivity (Wildman–Crippen MR) is 76.5 cm³/mol. The number of ether oxygens (including phenoxy) is 2. The first kappa shape index (κ1) is 14.8. The maximum Gasteiger partial charge on any atom is 0.241 e. The topological polar surface area (TPSA) is 50.8 Å². The lowest BCUT2D eigenvalue weighted by atomic mass is 10.1. The van der Waals surface area contributed by atoms with Crippen LogP contribution in [-0.4, -0.2) is 43.7 Å². The first-order chi connectivity index (χ1) is 9.58. The van der Waals surface area contributed by atoms with E-state index in [1.54, 1.807) is 14.2 Å². The molecule has 0 radical (unpaired) electrons. The van der Waals surface area contributed by atoms with Crippen molar-refractivity contribution in [3.8, 4) is 5.75 Å². The van der Waals surface area contributed by atoms with Gasteiger partial charge in [-0.1, -0.05) is 12.1 Å². The second-order valence-corrected chi connectivity index (χ2v) is 5.12. The molecule has 1 N–H and O–H groups in total. The van der Waals surface area contributed by atoms with E-state index in [0.29, 0.717) is 6.61 Å². The molecule has 1 saturated heterocycles. The van der Waals surface area contributed by atoms with Gasteiger partial charge in [-0.3, -0.25) is 10.1 Å². The number of benzene rings is 1. The Labute approximate surface area is 119 Å². The summed E-state index contributed by atoms with van der Waals surface area (Å²) < 4.78 is 10.4. The molecular weight excluding hydrogens is 256 g/mol. The minimum absolute atomic E-state index is 0.0150. The lowest BCUT2D eigenvalue weighted by Gasteiger charge is -2.30. The fourth-order valence-electron chi connectivity index (χ4n) is 2.60. The van der Waals surface area contributed by atoms with Gasteiger partial charge < -0.3 is 14.4 Å². The van der Waals surface area contributed by atoms with Gasteiger partial charge in [0.15, 0.2) is 0 Å². The number of nitrogens with zero attached hydrogens (tertiary/aromatic N) is 1. The minimum Gasteiger partial charge on any atom is -0.497 e. The van der Waals surface area contributed by atoms with Crippen LogP contribution in [0.2, 0.25) is 0 Å². The zero-order valence-electron chi connectivity index (χ0n) is 12.4. The maximum atomic E-state index is 12.3. The van der Waals surface area contributed by atoms with Gasteiger partial charge in [-0.05, 0) is 31.5 Å². The molecule has 3 atom stereocenters. The highest BCUT2D eigenvalue weighted by atomic mass is 16.5. The first-order valence-electron chi connectivity index (χ1n) is 6.79. The van der Waals surface area contributed by atoms with Crippen molar-refractivity contribution < 1.29 is 14.3 Å². The zero-order valence-corrected chi connectivity index (χ0v) is 12.4. The van der Waals surface area contributed by atoms with E-state index in [0.717, 1.165) is 11.3 Å². The van der Waals surface area contributed by atoms with Crippen LogP contribution in [0.15, 0.2) is 24.3 Å². The Hall–Kier alpha value is -1.59. The summed E-state index contributed by atoms with van der Waals surface area (Å²) in [5.41, 5.74) is 1.02. The molecule has 0 aromatic heterocycles. The molecular formula is C15H22N2O3. The van der Waals surface area contributed by atoms with Crippen LogP contribution in [0, 0.1) is 0 Å². The lowest BCUT2D eigenvalue weighted by molar-refractivity contribution is -0.132. The summed E-state index contributed by atoms with van der Waals surface area (Å²) >= 11 is 0. The van der Waals surface area contributed by atoms with Gasteiger partial charge in [-0.2, -0.15) is 0 Å². The highest BCUT2D eigenvalue weighted by molar-refractivity contribution is 5.84. The van der Waals surface area contributed by atoms with Crippen molar-refractivity contribution in [3.05, 3.63) is 29.8 Å². The van der Waals surface area contributed by atoms with Crippen molar-refractivity contribution in [1.82, 2.24) is 10.2 Å². The molecule has 20 heavy (non-hydrogen) atoms. The summed E-state index contributed by atoms with van der Waals surface area (Å²) in [4.78, 5) is 14.2. The van der Waals surface area contributed by atoms with E-state index < -0.39 is 0 Å². The van der Waals surface area contributed by atoms with Crippen LogP contribution < -0.4 is 10.1 Å². The van der Waals surface area contributed by atoms with Crippen molar-refractivity contribution in [2.75, 3.05) is 20.8 Å². The Morgan fingerprint density at radius 3 is 2.80 bits per heavy atom. The number of carbonyl (C=O) groups is 1. The van der Waals surface area contributed by atoms with E-state index in [2.05, 4.69) is 5.32 Å². The number of hydrogen-bond donors (Lipinski definition) is 1. The molecule has 3 unspecified atom stereocenters. The standard InChI is InChI=1S/C15H22N2O3/c1-10(9-19-3)17-14(16-11(2)15(17)18)12-6-5-7-13(8-12)20-4/h5-8,10-11,14,16H,9H2,1-4H3. The SMILES string of the molecule is COCC(C)N1C(=O)C(C)NC1c1cccc(OC)c1. The molecule has 0 saturated carbocycles. The molecule has 1 aromatic rings. The average molecular weight is 278 g/mol. The van der Waals surface area contributed by atoms with Crippen LogP contribution in [0.4, 0.5) is 0 Å². The summed E-state index contributed by atoms with van der Waals surface area (Å²) in [6, 6.07) is 7.61. The maximum absolute atomic E-state index is 12.3. The third kappa shape index (κ3) is 2.78. The van der Waals surface area contributed by atoms with Gasteiger partial charge >= 0.3 is 0 Å². The molecule has 1 aliphatic rings. The molecule has 1 aliphatic heterocycles. The molecule has 110 valence electrons. The van der Waals surface area contributed by atoms with Crippen LogP contribution in [0.5, 0.6) is 5.75 Å². The van der Waals surface area contributed by atoms with E-state index in [4.69, 9.17) is 9.47 Å². The smallest absolute Gasteiger partial charge is 0.241 e. The van der Waals surface area contributed by atoms with Gasteiger partial charge in [0.05, 0.1) is 25.8 Å². The van der Waals surface area contributed by atoms with Crippen molar-refractivity contribution in [2.45, 2.75) is 32.1 Å². The Morgan fingerprint density at radius 1 is 1.40 bits per heavy atom. The molecule has 0 bridgehead atoms. The van der Waals surface area contributed by atoms with E-state index in [1.165, 1.54) is 0 Å². The van der Waals surface area contributed by atoms with Crippen LogP contribution in [-0.2, 0) is 9.53 Å². The zero-order chi connectivity index (χ0) is 14.7. The predicted octanol–water partition coefficient (Wildman–Crippen LogP) is 1.55. The second-order valence-electron chi connectivity index (χ2n) is 5.12. The minimum atomic E-state index is -0.189. The monoisotopic (exact) mass is 278 g/mol. The van der Waals surface area contributed by atoms with Gasteiger partial charge in [0, 0.05) is 7.11 Å². The number of amides is 1. The van der Waals surface area contributed by atoms with Gasteiger partial charge in [0.25, 0.3) is 0 Å². The normalized spacial score (nSPS) is 24.0. The highest BCUT2D eigenvalue weighted by Crippen LogP contribution is 2.29. The molecule has 2 rings (SSSR count). The number of hydrogen-bond acceptors (Lipinski definition) is 4. The molecule has 1 heterocycles. The largest absolute Gasteiger partial charge is 0.497 e. The van der Waals surface area contributed by atoms with Crippen molar-refractivity contribution in [2.24, 2.45) is 0 Å². The van der Waals surface area contributed by atoms with Gasteiger partial charge in [0.2, 0.25) is 5.91 Å². The van der Waals surface area contributed by atoms with Crippen molar-refractivity contribution in [1.29, 1.82) is 0 Å². The number of methoxy groups -OCH3 is 2. The summed E-state index contributed by atoms with van der Waals surface area (Å²) in [5.74, 6) is 0.887. The van der Waals surface area contributed by atoms with E-state index in [9.17, 15) is 4.79 Å². The van der Waals surface area contributed by atoms with Gasteiger partial charge in [0.1, 0.15) is 11.9 Å². The second kappa shape index (κ2) is 6.24. The quantitative estimate of drug-likeness (QED) is 0.888. The van der Waals surface area contributed by atoms with Crippen LogP contribution in [0.3, 0.4) is 0 Å². The molecule has 1 amide bonds. The molecule has 1 fully saturated rings. The van der Waals surface area contributed by atoms with Gasteiger partial charge in [-0.15, -0.1) is 0 Å². The Bertz CT molecular complexity index is 478. The third-order valence-corrected chi connectivity index (χ3v) is 3.60. The molecule has 5 nitrogen and oxygen atoms in total. The van der Waals surface area contributed by atoms with Crippen LogP contribution in [0.1, 0.15) is 25.6 Å². The third-order valence-electron chi connectivity index (χ3n) is 3.60. The fourth-order valence-corrected chi connectivity index (χ4v) is 2.60. The first-order valence-corrected chi connectivity index (χ1v) is 6.79. The van der Waals surface area contributed by atoms with Crippen LogP contribution in [0.25, 0.3) is 0 Å². The summed E-state index contributed by atoms with van der Waals surface area (Å²) in [5, 5.41) is 3.33. The van der Waals surface area contributed by atoms with E-state index in [-0.39, 0.29) is 24.2 Å².